The lowest BCUT2D eigenvalue weighted by atomic mass is 9.65. The topological polar surface area (TPSA) is 17.1 Å². The summed E-state index contributed by atoms with van der Waals surface area (Å²) in [5.41, 5.74) is 1.15. The molecule has 0 atom stereocenters. The predicted octanol–water partition coefficient (Wildman–Crippen LogP) is 3.87. The Hall–Kier alpha value is -1.11. The zero-order valence-electron chi connectivity index (χ0n) is 10.3. The molecule has 0 N–H and O–H groups in total. The zero-order chi connectivity index (χ0) is 11.7. The number of hydrogen-bond donors (Lipinski definition) is 0. The Balaban J connectivity index is 1.97. The molecule has 0 amide bonds. The van der Waals surface area contributed by atoms with Gasteiger partial charge < -0.3 is 0 Å². The summed E-state index contributed by atoms with van der Waals surface area (Å²) in [5.74, 6) is 0.928. The second-order valence-corrected chi connectivity index (χ2v) is 5.65. The summed E-state index contributed by atoms with van der Waals surface area (Å²) in [6.45, 7) is 0. The third kappa shape index (κ3) is 1.92. The summed E-state index contributed by atoms with van der Waals surface area (Å²) in [4.78, 5) is 12.7. The molecule has 0 aromatic heterocycles. The average Bonchev–Trinajstić information content (AvgIpc) is 3.24. The van der Waals surface area contributed by atoms with E-state index in [-0.39, 0.29) is 5.41 Å². The lowest BCUT2D eigenvalue weighted by Crippen LogP contribution is -2.39. The van der Waals surface area contributed by atoms with Crippen LogP contribution in [-0.4, -0.2) is 5.78 Å². The fraction of sp³-hybridized carbons (Fsp3) is 0.562. The van der Waals surface area contributed by atoms with E-state index in [0.717, 1.165) is 25.7 Å². The molecule has 2 fully saturated rings. The van der Waals surface area contributed by atoms with E-state index in [1.807, 2.05) is 6.07 Å². The Bertz CT molecular complexity index is 397. The Kier molecular flexibility index (Phi) is 2.78. The van der Waals surface area contributed by atoms with Crippen LogP contribution in [0.2, 0.25) is 0 Å². The standard InChI is InChI=1S/C16H20O/c17-15(13-9-10-13)16(11-5-2-6-12-16)14-7-3-1-4-8-14/h1,3-4,7-8,13H,2,5-6,9-12H2. The van der Waals surface area contributed by atoms with Crippen LogP contribution in [0.15, 0.2) is 30.3 Å². The largest absolute Gasteiger partial charge is 0.298 e. The van der Waals surface area contributed by atoms with Crippen molar-refractivity contribution in [1.29, 1.82) is 0 Å². The molecular weight excluding hydrogens is 208 g/mol. The summed E-state index contributed by atoms with van der Waals surface area (Å²) in [6, 6.07) is 10.5. The molecule has 1 aromatic rings. The number of carbonyl (C=O) groups excluding carboxylic acids is 1. The lowest BCUT2D eigenvalue weighted by molar-refractivity contribution is -0.127. The van der Waals surface area contributed by atoms with Crippen molar-refractivity contribution in [2.75, 3.05) is 0 Å². The van der Waals surface area contributed by atoms with Crippen molar-refractivity contribution in [3.8, 4) is 0 Å². The highest BCUT2D eigenvalue weighted by molar-refractivity contribution is 5.93. The van der Waals surface area contributed by atoms with Crippen LogP contribution in [0, 0.1) is 5.92 Å². The quantitative estimate of drug-likeness (QED) is 0.767. The zero-order valence-corrected chi connectivity index (χ0v) is 10.3. The Morgan fingerprint density at radius 1 is 1.00 bits per heavy atom. The third-order valence-corrected chi connectivity index (χ3v) is 4.45. The van der Waals surface area contributed by atoms with Crippen molar-refractivity contribution >= 4 is 5.78 Å². The molecule has 0 saturated heterocycles. The van der Waals surface area contributed by atoms with Crippen LogP contribution >= 0.6 is 0 Å². The molecule has 0 spiro atoms. The molecule has 2 saturated carbocycles. The first-order valence-electron chi connectivity index (χ1n) is 6.93. The van der Waals surface area contributed by atoms with E-state index < -0.39 is 0 Å². The summed E-state index contributed by atoms with van der Waals surface area (Å²) in [7, 11) is 0. The lowest BCUT2D eigenvalue weighted by Gasteiger charge is -2.36. The van der Waals surface area contributed by atoms with Crippen molar-refractivity contribution in [1.82, 2.24) is 0 Å². The maximum Gasteiger partial charge on any atom is 0.146 e. The SMILES string of the molecule is O=C(C1CC1)C1(c2ccccc2)CCCCC1. The fourth-order valence-electron chi connectivity index (χ4n) is 3.33. The normalized spacial score (nSPS) is 23.3. The minimum atomic E-state index is -0.124. The van der Waals surface area contributed by atoms with E-state index in [1.54, 1.807) is 0 Å². The molecule has 2 aliphatic carbocycles. The van der Waals surface area contributed by atoms with Gasteiger partial charge in [-0.25, -0.2) is 0 Å². The summed E-state index contributed by atoms with van der Waals surface area (Å²) in [6.07, 6.45) is 8.15. The van der Waals surface area contributed by atoms with Crippen molar-refractivity contribution in [3.63, 3.8) is 0 Å². The molecule has 1 aromatic carbocycles. The Morgan fingerprint density at radius 2 is 1.65 bits per heavy atom. The minimum Gasteiger partial charge on any atom is -0.298 e. The van der Waals surface area contributed by atoms with Crippen LogP contribution < -0.4 is 0 Å². The maximum absolute atomic E-state index is 12.7. The molecule has 90 valence electrons. The van der Waals surface area contributed by atoms with Crippen LogP contribution in [0.5, 0.6) is 0 Å². The van der Waals surface area contributed by atoms with Gasteiger partial charge in [0.25, 0.3) is 0 Å². The van der Waals surface area contributed by atoms with Crippen molar-refractivity contribution in [3.05, 3.63) is 35.9 Å². The predicted molar refractivity (Wildman–Crippen MR) is 68.9 cm³/mol. The number of Topliss-reactive ketones (excluding diaryl/α,β-unsaturated/α-hetero) is 1. The van der Waals surface area contributed by atoms with Crippen LogP contribution in [0.25, 0.3) is 0 Å². The van der Waals surface area contributed by atoms with Gasteiger partial charge in [0.15, 0.2) is 0 Å². The number of hydrogen-bond acceptors (Lipinski definition) is 1. The highest BCUT2D eigenvalue weighted by atomic mass is 16.1. The molecule has 0 bridgehead atoms. The monoisotopic (exact) mass is 228 g/mol. The van der Waals surface area contributed by atoms with Gasteiger partial charge in [-0.05, 0) is 31.2 Å². The van der Waals surface area contributed by atoms with Crippen LogP contribution in [-0.2, 0) is 10.2 Å². The van der Waals surface area contributed by atoms with Gasteiger partial charge in [-0.2, -0.15) is 0 Å². The Morgan fingerprint density at radius 3 is 2.24 bits per heavy atom. The third-order valence-electron chi connectivity index (χ3n) is 4.45. The number of carbonyl (C=O) groups is 1. The molecule has 17 heavy (non-hydrogen) atoms. The van der Waals surface area contributed by atoms with Gasteiger partial charge in [-0.15, -0.1) is 0 Å². The molecule has 0 aliphatic heterocycles. The van der Waals surface area contributed by atoms with E-state index in [9.17, 15) is 4.79 Å². The Labute approximate surface area is 103 Å². The average molecular weight is 228 g/mol. The molecular formula is C16H20O. The molecule has 0 unspecified atom stereocenters. The van der Waals surface area contributed by atoms with E-state index in [4.69, 9.17) is 0 Å². The molecule has 0 radical (unpaired) electrons. The van der Waals surface area contributed by atoms with E-state index in [2.05, 4.69) is 24.3 Å². The van der Waals surface area contributed by atoms with Gasteiger partial charge >= 0.3 is 0 Å². The van der Waals surface area contributed by atoms with E-state index in [0.29, 0.717) is 11.7 Å². The first kappa shape index (κ1) is 11.0. The van der Waals surface area contributed by atoms with Crippen LogP contribution in [0.1, 0.15) is 50.5 Å². The van der Waals surface area contributed by atoms with E-state index >= 15 is 0 Å². The van der Waals surface area contributed by atoms with Crippen molar-refractivity contribution in [2.24, 2.45) is 5.92 Å². The second kappa shape index (κ2) is 4.29. The molecule has 0 heterocycles. The number of rotatable bonds is 3. The molecule has 1 nitrogen and oxygen atoms in total. The number of ketones is 1. The van der Waals surface area contributed by atoms with Gasteiger partial charge in [0, 0.05) is 5.92 Å². The summed E-state index contributed by atoms with van der Waals surface area (Å²) < 4.78 is 0. The van der Waals surface area contributed by atoms with Gasteiger partial charge in [0.1, 0.15) is 5.78 Å². The fourth-order valence-corrected chi connectivity index (χ4v) is 3.33. The first-order valence-corrected chi connectivity index (χ1v) is 6.93. The molecule has 3 rings (SSSR count). The van der Waals surface area contributed by atoms with E-state index in [1.165, 1.54) is 24.8 Å². The van der Waals surface area contributed by atoms with Crippen LogP contribution in [0.4, 0.5) is 0 Å². The van der Waals surface area contributed by atoms with Gasteiger partial charge in [0.05, 0.1) is 5.41 Å². The van der Waals surface area contributed by atoms with Crippen LogP contribution in [0.3, 0.4) is 0 Å². The van der Waals surface area contributed by atoms with Gasteiger partial charge in [-0.1, -0.05) is 49.6 Å². The highest BCUT2D eigenvalue weighted by Crippen LogP contribution is 2.46. The van der Waals surface area contributed by atoms with Crippen molar-refractivity contribution in [2.45, 2.75) is 50.4 Å². The molecule has 1 heteroatoms. The van der Waals surface area contributed by atoms with Gasteiger partial charge in [-0.3, -0.25) is 4.79 Å². The first-order chi connectivity index (χ1) is 8.33. The second-order valence-electron chi connectivity index (χ2n) is 5.65. The van der Waals surface area contributed by atoms with Gasteiger partial charge in [0.2, 0.25) is 0 Å². The van der Waals surface area contributed by atoms with Crippen molar-refractivity contribution < 1.29 is 4.79 Å². The highest BCUT2D eigenvalue weighted by Gasteiger charge is 2.46. The molecule has 2 aliphatic rings. The minimum absolute atomic E-state index is 0.124. The number of benzene rings is 1. The summed E-state index contributed by atoms with van der Waals surface area (Å²) >= 11 is 0. The smallest absolute Gasteiger partial charge is 0.146 e. The maximum atomic E-state index is 12.7. The summed E-state index contributed by atoms with van der Waals surface area (Å²) in [5, 5.41) is 0.